The zero-order valence-corrected chi connectivity index (χ0v) is 21.3. The summed E-state index contributed by atoms with van der Waals surface area (Å²) in [7, 11) is 0. The van der Waals surface area contributed by atoms with Crippen LogP contribution in [0, 0.1) is 5.82 Å². The normalized spacial score (nSPS) is 17.2. The number of hydrogen-bond acceptors (Lipinski definition) is 8. The number of hydrogen-bond donors (Lipinski definition) is 1. The van der Waals surface area contributed by atoms with Gasteiger partial charge < -0.3 is 15.1 Å². The fraction of sp³-hybridized carbons (Fsp3) is 0.407. The second kappa shape index (κ2) is 10.1. The van der Waals surface area contributed by atoms with E-state index in [-0.39, 0.29) is 0 Å². The lowest BCUT2D eigenvalue weighted by molar-refractivity contribution is 0.271. The molecule has 1 saturated carbocycles. The highest BCUT2D eigenvalue weighted by Crippen LogP contribution is 2.42. The molecule has 5 heterocycles. The van der Waals surface area contributed by atoms with E-state index in [4.69, 9.17) is 0 Å². The highest BCUT2D eigenvalue weighted by molar-refractivity contribution is 7.22. The summed E-state index contributed by atoms with van der Waals surface area (Å²) < 4.78 is 16.0. The summed E-state index contributed by atoms with van der Waals surface area (Å²) >= 11 is 1.57. The minimum absolute atomic E-state index is 0.290. The summed E-state index contributed by atoms with van der Waals surface area (Å²) in [6.07, 6.45) is 9.93. The number of fused-ring (bicyclic) bond motifs is 1. The molecule has 186 valence electrons. The van der Waals surface area contributed by atoms with Crippen molar-refractivity contribution in [3.05, 3.63) is 54.2 Å². The van der Waals surface area contributed by atoms with E-state index in [1.807, 2.05) is 24.5 Å². The zero-order valence-electron chi connectivity index (χ0n) is 20.5. The van der Waals surface area contributed by atoms with Gasteiger partial charge in [0.2, 0.25) is 5.95 Å². The molecular weight excluding hydrogens is 473 g/mol. The number of likely N-dealkylation sites (N-methyl/N-ethyl adjacent to an activating group) is 1. The van der Waals surface area contributed by atoms with Gasteiger partial charge in [-0.3, -0.25) is 4.98 Å². The molecule has 4 aromatic heterocycles. The van der Waals surface area contributed by atoms with Crippen LogP contribution >= 0.6 is 11.3 Å². The van der Waals surface area contributed by atoms with Crippen LogP contribution in [-0.2, 0) is 0 Å². The van der Waals surface area contributed by atoms with Gasteiger partial charge in [-0.1, -0.05) is 19.8 Å². The number of nitrogens with zero attached hydrogens (tertiary/aromatic N) is 6. The molecule has 0 aromatic carbocycles. The first-order valence-electron chi connectivity index (χ1n) is 12.8. The van der Waals surface area contributed by atoms with Gasteiger partial charge in [0.25, 0.3) is 0 Å². The number of anilines is 3. The van der Waals surface area contributed by atoms with Crippen molar-refractivity contribution < 1.29 is 4.39 Å². The fourth-order valence-corrected chi connectivity index (χ4v) is 6.52. The molecule has 0 spiro atoms. The third-order valence-corrected chi connectivity index (χ3v) is 8.57. The number of nitrogens with one attached hydrogen (secondary N) is 1. The maximum Gasteiger partial charge on any atom is 0.229 e. The highest BCUT2D eigenvalue weighted by Gasteiger charge is 2.22. The fourth-order valence-electron chi connectivity index (χ4n) is 5.32. The van der Waals surface area contributed by atoms with Gasteiger partial charge in [0.05, 0.1) is 33.2 Å². The number of piperazine rings is 1. The minimum atomic E-state index is -0.441. The Bertz CT molecular complexity index is 1340. The van der Waals surface area contributed by atoms with Crippen LogP contribution in [-0.4, -0.2) is 57.6 Å². The van der Waals surface area contributed by atoms with E-state index in [1.165, 1.54) is 37.4 Å². The van der Waals surface area contributed by atoms with Gasteiger partial charge in [0.15, 0.2) is 5.82 Å². The van der Waals surface area contributed by atoms with E-state index in [0.29, 0.717) is 23.4 Å². The van der Waals surface area contributed by atoms with Crippen molar-refractivity contribution >= 4 is 39.0 Å². The van der Waals surface area contributed by atoms with Crippen LogP contribution in [0.3, 0.4) is 0 Å². The van der Waals surface area contributed by atoms with Crippen LogP contribution in [0.2, 0.25) is 0 Å². The minimum Gasteiger partial charge on any atom is -0.368 e. The molecule has 9 heteroatoms. The van der Waals surface area contributed by atoms with Crippen molar-refractivity contribution in [1.82, 2.24) is 24.8 Å². The van der Waals surface area contributed by atoms with E-state index in [9.17, 15) is 4.39 Å². The Morgan fingerprint density at radius 3 is 2.61 bits per heavy atom. The molecule has 1 saturated heterocycles. The number of halogens is 1. The largest absolute Gasteiger partial charge is 0.368 e. The maximum absolute atomic E-state index is 14.8. The summed E-state index contributed by atoms with van der Waals surface area (Å²) in [5.74, 6) is 1.08. The van der Waals surface area contributed by atoms with Crippen LogP contribution in [0.15, 0.2) is 42.9 Å². The molecule has 36 heavy (non-hydrogen) atoms. The molecule has 1 N–H and O–H groups in total. The zero-order chi connectivity index (χ0) is 24.5. The first-order chi connectivity index (χ1) is 17.7. The number of thiophene rings is 1. The lowest BCUT2D eigenvalue weighted by Crippen LogP contribution is -2.46. The van der Waals surface area contributed by atoms with Crippen molar-refractivity contribution in [2.45, 2.75) is 38.5 Å². The van der Waals surface area contributed by atoms with Crippen molar-refractivity contribution in [2.24, 2.45) is 0 Å². The van der Waals surface area contributed by atoms with Crippen LogP contribution < -0.4 is 10.2 Å². The Hall–Kier alpha value is -3.17. The Kier molecular flexibility index (Phi) is 6.50. The van der Waals surface area contributed by atoms with Crippen molar-refractivity contribution in [3.63, 3.8) is 0 Å². The second-order valence-electron chi connectivity index (χ2n) is 9.54. The summed E-state index contributed by atoms with van der Waals surface area (Å²) in [6, 6.07) is 8.05. The average Bonchev–Trinajstić information content (AvgIpc) is 3.61. The molecule has 2 aliphatic rings. The molecule has 0 atom stereocenters. The number of aromatic nitrogens is 4. The van der Waals surface area contributed by atoms with Crippen LogP contribution in [0.5, 0.6) is 0 Å². The topological polar surface area (TPSA) is 70.1 Å². The van der Waals surface area contributed by atoms with Crippen LogP contribution in [0.1, 0.15) is 44.1 Å². The van der Waals surface area contributed by atoms with Crippen molar-refractivity contribution in [1.29, 1.82) is 0 Å². The number of pyridine rings is 2. The monoisotopic (exact) mass is 503 g/mol. The van der Waals surface area contributed by atoms with E-state index >= 15 is 0 Å². The molecule has 0 radical (unpaired) electrons. The van der Waals surface area contributed by atoms with Gasteiger partial charge in [0.1, 0.15) is 11.5 Å². The van der Waals surface area contributed by atoms with Gasteiger partial charge in [0, 0.05) is 32.4 Å². The van der Waals surface area contributed by atoms with E-state index < -0.39 is 5.82 Å². The third-order valence-electron chi connectivity index (χ3n) is 7.39. The van der Waals surface area contributed by atoms with Gasteiger partial charge in [-0.15, -0.1) is 11.3 Å². The first-order valence-corrected chi connectivity index (χ1v) is 13.6. The quantitative estimate of drug-likeness (QED) is 0.355. The van der Waals surface area contributed by atoms with Crippen LogP contribution in [0.25, 0.3) is 20.8 Å². The predicted molar refractivity (Wildman–Crippen MR) is 144 cm³/mol. The molecule has 6 rings (SSSR count). The molecule has 0 amide bonds. The number of rotatable bonds is 6. The predicted octanol–water partition coefficient (Wildman–Crippen LogP) is 5.83. The van der Waals surface area contributed by atoms with Crippen LogP contribution in [0.4, 0.5) is 21.8 Å². The second-order valence-corrected chi connectivity index (χ2v) is 10.6. The third kappa shape index (κ3) is 4.65. The molecular formula is C27H30FN7S. The molecule has 4 aromatic rings. The standard InChI is InChI=1S/C27H30FN7S/c1-2-34-11-13-35(14-12-34)19-7-8-24(30-16-19)32-27-31-17-21(28)25(33-27)23-15-22-26(36-23)20(9-10-29-22)18-5-3-4-6-18/h7-10,15-18H,2-6,11-14H2,1H3,(H,30,31,32,33). The molecule has 1 aliphatic carbocycles. The van der Waals surface area contributed by atoms with Crippen molar-refractivity contribution in [2.75, 3.05) is 42.9 Å². The Morgan fingerprint density at radius 2 is 1.86 bits per heavy atom. The summed E-state index contributed by atoms with van der Waals surface area (Å²) in [5, 5.41) is 3.14. The summed E-state index contributed by atoms with van der Waals surface area (Å²) in [6.45, 7) is 7.43. The summed E-state index contributed by atoms with van der Waals surface area (Å²) in [5.41, 5.74) is 3.64. The molecule has 2 fully saturated rings. The van der Waals surface area contributed by atoms with Gasteiger partial charge in [-0.2, -0.15) is 0 Å². The molecule has 1 aliphatic heterocycles. The SMILES string of the molecule is CCN1CCN(c2ccc(Nc3ncc(F)c(-c4cc5nccc(C6CCCC6)c5s4)n3)nc2)CC1. The Labute approximate surface area is 214 Å². The summed E-state index contributed by atoms with van der Waals surface area (Å²) in [4.78, 5) is 23.3. The van der Waals surface area contributed by atoms with Gasteiger partial charge in [-0.05, 0) is 55.1 Å². The lowest BCUT2D eigenvalue weighted by atomic mass is 9.98. The van der Waals surface area contributed by atoms with E-state index in [2.05, 4.69) is 54.1 Å². The Balaban J connectivity index is 1.22. The average molecular weight is 504 g/mol. The molecule has 0 bridgehead atoms. The van der Waals surface area contributed by atoms with Gasteiger partial charge >= 0.3 is 0 Å². The van der Waals surface area contributed by atoms with Gasteiger partial charge in [-0.25, -0.2) is 19.3 Å². The Morgan fingerprint density at radius 1 is 1.03 bits per heavy atom. The molecule has 0 unspecified atom stereocenters. The van der Waals surface area contributed by atoms with E-state index in [0.717, 1.165) is 53.5 Å². The van der Waals surface area contributed by atoms with Crippen molar-refractivity contribution in [3.8, 4) is 10.6 Å². The van der Waals surface area contributed by atoms with E-state index in [1.54, 1.807) is 11.3 Å². The smallest absolute Gasteiger partial charge is 0.229 e. The highest BCUT2D eigenvalue weighted by atomic mass is 32.1. The maximum atomic E-state index is 14.8. The first kappa shape index (κ1) is 23.2. The lowest BCUT2D eigenvalue weighted by Gasteiger charge is -2.35. The molecule has 7 nitrogen and oxygen atoms in total.